The van der Waals surface area contributed by atoms with E-state index in [0.29, 0.717) is 6.54 Å². The second kappa shape index (κ2) is 4.88. The third-order valence-electron chi connectivity index (χ3n) is 0.942. The highest BCUT2D eigenvalue weighted by atomic mass is 31.2. The fourth-order valence-corrected chi connectivity index (χ4v) is 1.85. The molecule has 0 aliphatic rings. The van der Waals surface area contributed by atoms with Gasteiger partial charge >= 0.3 is 7.75 Å². The number of rotatable bonds is 5. The number of hydrogen-bond acceptors (Lipinski definition) is 3. The van der Waals surface area contributed by atoms with E-state index in [1.165, 1.54) is 7.11 Å². The molecule has 0 rings (SSSR count). The Hall–Kier alpha value is 0.110. The molecule has 0 radical (unpaired) electrons. The molecule has 0 bridgehead atoms. The van der Waals surface area contributed by atoms with Gasteiger partial charge in [-0.1, -0.05) is 6.92 Å². The summed E-state index contributed by atoms with van der Waals surface area (Å²) in [5.74, 6) is 0. The quantitative estimate of drug-likeness (QED) is 0.656. The van der Waals surface area contributed by atoms with E-state index in [-0.39, 0.29) is 6.10 Å². The lowest BCUT2D eigenvalue weighted by Gasteiger charge is -2.18. The van der Waals surface area contributed by atoms with Gasteiger partial charge in [0.15, 0.2) is 0 Å². The molecule has 0 aliphatic carbocycles. The van der Waals surface area contributed by atoms with Gasteiger partial charge in [0, 0.05) is 13.7 Å². The zero-order valence-corrected chi connectivity index (χ0v) is 8.35. The summed E-state index contributed by atoms with van der Waals surface area (Å²) in [7, 11) is -1.64. The highest BCUT2D eigenvalue weighted by molar-refractivity contribution is 7.51. The molecule has 1 atom stereocenters. The lowest BCUT2D eigenvalue weighted by atomic mass is 10.5. The topological polar surface area (TPSA) is 47.6 Å². The fraction of sp³-hybridized carbons (Fsp3) is 1.00. The van der Waals surface area contributed by atoms with Crippen LogP contribution in [0.4, 0.5) is 0 Å². The fourth-order valence-electron chi connectivity index (χ4n) is 0.616. The molecular formula is C6H16NO3P. The van der Waals surface area contributed by atoms with Crippen molar-refractivity contribution >= 4 is 7.75 Å². The van der Waals surface area contributed by atoms with Gasteiger partial charge < -0.3 is 4.52 Å². The molecule has 0 fully saturated rings. The average molecular weight is 181 g/mol. The third-order valence-corrected chi connectivity index (χ3v) is 2.83. The average Bonchev–Trinajstić information content (AvgIpc) is 1.87. The molecule has 1 unspecified atom stereocenters. The van der Waals surface area contributed by atoms with Crippen LogP contribution in [-0.2, 0) is 13.6 Å². The molecule has 0 heterocycles. The summed E-state index contributed by atoms with van der Waals surface area (Å²) in [6, 6.07) is 0. The van der Waals surface area contributed by atoms with E-state index < -0.39 is 7.75 Å². The standard InChI is InChI=1S/C6H16NO3P/c1-5-7-11(8,9-4)10-6(2)3/h6H,5H2,1-4H3,(H,7,8). The Balaban J connectivity index is 4.00. The molecular weight excluding hydrogens is 165 g/mol. The van der Waals surface area contributed by atoms with Gasteiger partial charge in [0.05, 0.1) is 6.10 Å². The molecule has 0 amide bonds. The van der Waals surface area contributed by atoms with Gasteiger partial charge in [-0.2, -0.15) is 0 Å². The van der Waals surface area contributed by atoms with Gasteiger partial charge in [0.1, 0.15) is 0 Å². The maximum Gasteiger partial charge on any atom is 0.405 e. The molecule has 68 valence electrons. The van der Waals surface area contributed by atoms with Gasteiger partial charge in [-0.15, -0.1) is 0 Å². The van der Waals surface area contributed by atoms with Gasteiger partial charge in [-0.05, 0) is 13.8 Å². The van der Waals surface area contributed by atoms with Crippen LogP contribution in [-0.4, -0.2) is 19.8 Å². The van der Waals surface area contributed by atoms with Crippen molar-refractivity contribution in [1.29, 1.82) is 0 Å². The van der Waals surface area contributed by atoms with Crippen LogP contribution < -0.4 is 5.09 Å². The Morgan fingerprint density at radius 1 is 1.55 bits per heavy atom. The van der Waals surface area contributed by atoms with E-state index in [2.05, 4.69) is 5.09 Å². The largest absolute Gasteiger partial charge is 0.405 e. The smallest absolute Gasteiger partial charge is 0.300 e. The van der Waals surface area contributed by atoms with E-state index in [9.17, 15) is 4.57 Å². The molecule has 11 heavy (non-hydrogen) atoms. The molecule has 0 aromatic rings. The summed E-state index contributed by atoms with van der Waals surface area (Å²) in [5.41, 5.74) is 0. The van der Waals surface area contributed by atoms with Crippen molar-refractivity contribution in [3.63, 3.8) is 0 Å². The normalized spacial score (nSPS) is 16.8. The van der Waals surface area contributed by atoms with Gasteiger partial charge in [0.2, 0.25) is 0 Å². The van der Waals surface area contributed by atoms with Crippen LogP contribution in [0.3, 0.4) is 0 Å². The van der Waals surface area contributed by atoms with Crippen molar-refractivity contribution in [3.05, 3.63) is 0 Å². The first-order chi connectivity index (χ1) is 5.04. The van der Waals surface area contributed by atoms with Crippen molar-refractivity contribution < 1.29 is 13.6 Å². The molecule has 0 spiro atoms. The van der Waals surface area contributed by atoms with Crippen molar-refractivity contribution in [2.24, 2.45) is 0 Å². The molecule has 0 aromatic carbocycles. The van der Waals surface area contributed by atoms with Crippen LogP contribution in [0.5, 0.6) is 0 Å². The van der Waals surface area contributed by atoms with Gasteiger partial charge in [-0.25, -0.2) is 9.65 Å². The Labute approximate surface area is 67.9 Å². The molecule has 0 saturated carbocycles. The monoisotopic (exact) mass is 181 g/mol. The molecule has 5 heteroatoms. The summed E-state index contributed by atoms with van der Waals surface area (Å²) in [6.07, 6.45) is -0.0974. The summed E-state index contributed by atoms with van der Waals surface area (Å²) in [6.45, 7) is 6.03. The highest BCUT2D eigenvalue weighted by Crippen LogP contribution is 2.43. The predicted octanol–water partition coefficient (Wildman–Crippen LogP) is 1.78. The third kappa shape index (κ3) is 4.53. The van der Waals surface area contributed by atoms with E-state index >= 15 is 0 Å². The van der Waals surface area contributed by atoms with E-state index in [0.717, 1.165) is 0 Å². The Morgan fingerprint density at radius 3 is 2.36 bits per heavy atom. The van der Waals surface area contributed by atoms with E-state index in [4.69, 9.17) is 9.05 Å². The lowest BCUT2D eigenvalue weighted by Crippen LogP contribution is -2.15. The van der Waals surface area contributed by atoms with E-state index in [1.54, 1.807) is 0 Å². The van der Waals surface area contributed by atoms with Crippen molar-refractivity contribution in [2.75, 3.05) is 13.7 Å². The van der Waals surface area contributed by atoms with Crippen molar-refractivity contribution in [2.45, 2.75) is 26.9 Å². The highest BCUT2D eigenvalue weighted by Gasteiger charge is 2.22. The second-order valence-electron chi connectivity index (χ2n) is 2.35. The molecule has 0 aliphatic heterocycles. The minimum Gasteiger partial charge on any atom is -0.300 e. The zero-order chi connectivity index (χ0) is 8.91. The number of hydrogen-bond donors (Lipinski definition) is 1. The minimum atomic E-state index is -3.01. The first-order valence-electron chi connectivity index (χ1n) is 3.63. The van der Waals surface area contributed by atoms with Crippen LogP contribution in [0.1, 0.15) is 20.8 Å². The molecule has 0 aromatic heterocycles. The molecule has 4 nitrogen and oxygen atoms in total. The Morgan fingerprint density at radius 2 is 2.09 bits per heavy atom. The summed E-state index contributed by atoms with van der Waals surface area (Å²) in [4.78, 5) is 0. The van der Waals surface area contributed by atoms with Crippen LogP contribution in [0.25, 0.3) is 0 Å². The molecule has 1 N–H and O–H groups in total. The van der Waals surface area contributed by atoms with E-state index in [1.807, 2.05) is 20.8 Å². The van der Waals surface area contributed by atoms with Crippen LogP contribution in [0.15, 0.2) is 0 Å². The summed E-state index contributed by atoms with van der Waals surface area (Å²) >= 11 is 0. The maximum atomic E-state index is 11.4. The first kappa shape index (κ1) is 11.1. The van der Waals surface area contributed by atoms with Crippen LogP contribution in [0.2, 0.25) is 0 Å². The second-order valence-corrected chi connectivity index (χ2v) is 4.23. The first-order valence-corrected chi connectivity index (χ1v) is 5.17. The minimum absolute atomic E-state index is 0.0974. The van der Waals surface area contributed by atoms with Crippen molar-refractivity contribution in [3.8, 4) is 0 Å². The lowest BCUT2D eigenvalue weighted by molar-refractivity contribution is 0.180. The Kier molecular flexibility index (Phi) is 4.93. The van der Waals surface area contributed by atoms with Crippen molar-refractivity contribution in [1.82, 2.24) is 5.09 Å². The van der Waals surface area contributed by atoms with Crippen LogP contribution in [0, 0.1) is 0 Å². The van der Waals surface area contributed by atoms with Crippen LogP contribution >= 0.6 is 7.75 Å². The Bertz CT molecular complexity index is 149. The molecule has 0 saturated heterocycles. The number of nitrogens with one attached hydrogen (secondary N) is 1. The SMILES string of the molecule is CCNP(=O)(OC)OC(C)C. The summed E-state index contributed by atoms with van der Waals surface area (Å²) in [5, 5.41) is 2.65. The maximum absolute atomic E-state index is 11.4. The van der Waals surface area contributed by atoms with Gasteiger partial charge in [0.25, 0.3) is 0 Å². The van der Waals surface area contributed by atoms with Gasteiger partial charge in [-0.3, -0.25) is 4.52 Å². The predicted molar refractivity (Wildman–Crippen MR) is 44.5 cm³/mol. The summed E-state index contributed by atoms with van der Waals surface area (Å²) < 4.78 is 21.2. The zero-order valence-electron chi connectivity index (χ0n) is 7.46.